The SMILES string of the molecule is COc1ccc(CSc2cnn(C(C)C)c(=O)c2)cc1. The number of hydrogen-bond donors (Lipinski definition) is 0. The third kappa shape index (κ3) is 3.63. The van der Waals surface area contributed by atoms with Gasteiger partial charge in [-0.05, 0) is 31.5 Å². The zero-order valence-electron chi connectivity index (χ0n) is 11.9. The molecule has 2 rings (SSSR count). The predicted molar refractivity (Wildman–Crippen MR) is 81.4 cm³/mol. The number of ether oxygens (including phenoxy) is 1. The first kappa shape index (κ1) is 14.7. The van der Waals surface area contributed by atoms with E-state index in [4.69, 9.17) is 4.74 Å². The van der Waals surface area contributed by atoms with E-state index in [2.05, 4.69) is 5.10 Å². The van der Waals surface area contributed by atoms with Crippen molar-refractivity contribution in [3.05, 3.63) is 52.4 Å². The van der Waals surface area contributed by atoms with Crippen LogP contribution in [0.15, 0.2) is 46.2 Å². The Balaban J connectivity index is 2.03. The molecule has 0 bridgehead atoms. The van der Waals surface area contributed by atoms with E-state index in [1.165, 1.54) is 10.2 Å². The highest BCUT2D eigenvalue weighted by molar-refractivity contribution is 7.98. The standard InChI is InChI=1S/C15H18N2O2S/c1-11(2)17-15(18)8-14(9-16-17)20-10-12-4-6-13(19-3)7-5-12/h4-9,11H,10H2,1-3H3. The average Bonchev–Trinajstić information content (AvgIpc) is 2.45. The van der Waals surface area contributed by atoms with Gasteiger partial charge < -0.3 is 4.74 Å². The highest BCUT2D eigenvalue weighted by Gasteiger charge is 2.04. The summed E-state index contributed by atoms with van der Waals surface area (Å²) in [5.74, 6) is 1.65. The van der Waals surface area contributed by atoms with Crippen molar-refractivity contribution in [2.75, 3.05) is 7.11 Å². The maximum absolute atomic E-state index is 11.8. The fraction of sp³-hybridized carbons (Fsp3) is 0.333. The van der Waals surface area contributed by atoms with E-state index in [1.54, 1.807) is 31.1 Å². The van der Waals surface area contributed by atoms with Crippen LogP contribution in [0.4, 0.5) is 0 Å². The minimum absolute atomic E-state index is 0.0558. The summed E-state index contributed by atoms with van der Waals surface area (Å²) in [6, 6.07) is 9.64. The number of rotatable bonds is 5. The smallest absolute Gasteiger partial charge is 0.268 e. The van der Waals surface area contributed by atoms with Gasteiger partial charge in [-0.15, -0.1) is 11.8 Å². The molecule has 0 saturated carbocycles. The Morgan fingerprint density at radius 1 is 1.30 bits per heavy atom. The fourth-order valence-corrected chi connectivity index (χ4v) is 2.59. The normalized spacial score (nSPS) is 10.8. The monoisotopic (exact) mass is 290 g/mol. The Labute approximate surface area is 122 Å². The van der Waals surface area contributed by atoms with Crippen molar-refractivity contribution in [3.63, 3.8) is 0 Å². The van der Waals surface area contributed by atoms with Crippen molar-refractivity contribution in [1.29, 1.82) is 0 Å². The van der Waals surface area contributed by atoms with Crippen molar-refractivity contribution in [1.82, 2.24) is 9.78 Å². The Kier molecular flexibility index (Phi) is 4.84. The Morgan fingerprint density at radius 2 is 2.00 bits per heavy atom. The number of methoxy groups -OCH3 is 1. The lowest BCUT2D eigenvalue weighted by Gasteiger charge is -2.08. The van der Waals surface area contributed by atoms with Gasteiger partial charge in [0.15, 0.2) is 0 Å². The van der Waals surface area contributed by atoms with E-state index >= 15 is 0 Å². The Bertz CT molecular complexity index is 621. The first-order valence-electron chi connectivity index (χ1n) is 6.44. The number of hydrogen-bond acceptors (Lipinski definition) is 4. The molecule has 0 amide bonds. The van der Waals surface area contributed by atoms with Crippen LogP contribution in [0.25, 0.3) is 0 Å². The molecule has 2 aromatic rings. The minimum Gasteiger partial charge on any atom is -0.497 e. The van der Waals surface area contributed by atoms with E-state index in [-0.39, 0.29) is 11.6 Å². The van der Waals surface area contributed by atoms with Crippen molar-refractivity contribution >= 4 is 11.8 Å². The maximum atomic E-state index is 11.8. The van der Waals surface area contributed by atoms with Crippen LogP contribution in [-0.4, -0.2) is 16.9 Å². The summed E-state index contributed by atoms with van der Waals surface area (Å²) in [7, 11) is 1.65. The van der Waals surface area contributed by atoms with Gasteiger partial charge in [0.25, 0.3) is 5.56 Å². The quantitative estimate of drug-likeness (QED) is 0.794. The lowest BCUT2D eigenvalue weighted by molar-refractivity contribution is 0.414. The van der Waals surface area contributed by atoms with Gasteiger partial charge in [0.1, 0.15) is 5.75 Å². The molecule has 1 heterocycles. The molecule has 20 heavy (non-hydrogen) atoms. The molecular formula is C15H18N2O2S. The van der Waals surface area contributed by atoms with E-state index in [9.17, 15) is 4.79 Å². The third-order valence-corrected chi connectivity index (χ3v) is 3.89. The van der Waals surface area contributed by atoms with Crippen LogP contribution in [0.1, 0.15) is 25.5 Å². The fourth-order valence-electron chi connectivity index (χ4n) is 1.76. The van der Waals surface area contributed by atoms with Gasteiger partial charge in [0.2, 0.25) is 0 Å². The third-order valence-electron chi connectivity index (χ3n) is 2.85. The molecule has 1 aromatic carbocycles. The minimum atomic E-state index is -0.0558. The van der Waals surface area contributed by atoms with Crippen molar-refractivity contribution in [2.24, 2.45) is 0 Å². The molecule has 0 radical (unpaired) electrons. The van der Waals surface area contributed by atoms with E-state index in [1.807, 2.05) is 38.1 Å². The van der Waals surface area contributed by atoms with Crippen molar-refractivity contribution in [2.45, 2.75) is 30.5 Å². The van der Waals surface area contributed by atoms with Gasteiger partial charge in [-0.25, -0.2) is 4.68 Å². The molecule has 0 spiro atoms. The van der Waals surface area contributed by atoms with E-state index in [0.29, 0.717) is 0 Å². The van der Waals surface area contributed by atoms with Crippen LogP contribution >= 0.6 is 11.8 Å². The van der Waals surface area contributed by atoms with Crippen LogP contribution in [0, 0.1) is 0 Å². The van der Waals surface area contributed by atoms with Gasteiger partial charge in [-0.3, -0.25) is 4.79 Å². The molecular weight excluding hydrogens is 272 g/mol. The lowest BCUT2D eigenvalue weighted by Crippen LogP contribution is -2.23. The van der Waals surface area contributed by atoms with Crippen LogP contribution in [0.2, 0.25) is 0 Å². The summed E-state index contributed by atoms with van der Waals surface area (Å²) >= 11 is 1.60. The molecule has 0 N–H and O–H groups in total. The molecule has 0 unspecified atom stereocenters. The second-order valence-electron chi connectivity index (χ2n) is 4.70. The van der Waals surface area contributed by atoms with Gasteiger partial charge in [-0.1, -0.05) is 12.1 Å². The lowest BCUT2D eigenvalue weighted by atomic mass is 10.2. The maximum Gasteiger partial charge on any atom is 0.268 e. The number of nitrogens with zero attached hydrogens (tertiary/aromatic N) is 2. The zero-order valence-corrected chi connectivity index (χ0v) is 12.7. The number of thioether (sulfide) groups is 1. The second-order valence-corrected chi connectivity index (χ2v) is 5.75. The summed E-state index contributed by atoms with van der Waals surface area (Å²) in [4.78, 5) is 12.7. The molecule has 0 atom stereocenters. The van der Waals surface area contributed by atoms with Crippen molar-refractivity contribution in [3.8, 4) is 5.75 Å². The molecule has 0 saturated heterocycles. The predicted octanol–water partition coefficient (Wildman–Crippen LogP) is 3.13. The Hall–Kier alpha value is -1.75. The summed E-state index contributed by atoms with van der Waals surface area (Å²) in [6.45, 7) is 3.89. The highest BCUT2D eigenvalue weighted by atomic mass is 32.2. The topological polar surface area (TPSA) is 44.1 Å². The summed E-state index contributed by atoms with van der Waals surface area (Å²) < 4.78 is 6.61. The molecule has 1 aromatic heterocycles. The van der Waals surface area contributed by atoms with E-state index < -0.39 is 0 Å². The summed E-state index contributed by atoms with van der Waals surface area (Å²) in [5.41, 5.74) is 1.13. The van der Waals surface area contributed by atoms with Crippen LogP contribution in [0.5, 0.6) is 5.75 Å². The molecule has 0 fully saturated rings. The first-order valence-corrected chi connectivity index (χ1v) is 7.43. The zero-order chi connectivity index (χ0) is 14.5. The van der Waals surface area contributed by atoms with Crippen molar-refractivity contribution < 1.29 is 4.74 Å². The molecule has 5 heteroatoms. The molecule has 0 aliphatic rings. The molecule has 0 aliphatic carbocycles. The van der Waals surface area contributed by atoms with Gasteiger partial charge >= 0.3 is 0 Å². The number of benzene rings is 1. The highest BCUT2D eigenvalue weighted by Crippen LogP contribution is 2.22. The molecule has 4 nitrogen and oxygen atoms in total. The van der Waals surface area contributed by atoms with E-state index in [0.717, 1.165) is 16.4 Å². The first-order chi connectivity index (χ1) is 9.60. The van der Waals surface area contributed by atoms with Gasteiger partial charge in [-0.2, -0.15) is 5.10 Å². The Morgan fingerprint density at radius 3 is 2.55 bits per heavy atom. The van der Waals surface area contributed by atoms with Crippen LogP contribution in [-0.2, 0) is 5.75 Å². The van der Waals surface area contributed by atoms with Gasteiger partial charge in [0.05, 0.1) is 19.3 Å². The summed E-state index contributed by atoms with van der Waals surface area (Å²) in [6.07, 6.45) is 1.75. The van der Waals surface area contributed by atoms with Crippen LogP contribution in [0.3, 0.4) is 0 Å². The number of aromatic nitrogens is 2. The molecule has 106 valence electrons. The average molecular weight is 290 g/mol. The van der Waals surface area contributed by atoms with Gasteiger partial charge in [0, 0.05) is 16.7 Å². The second kappa shape index (κ2) is 6.61. The molecule has 0 aliphatic heterocycles. The largest absolute Gasteiger partial charge is 0.497 e. The van der Waals surface area contributed by atoms with Crippen LogP contribution < -0.4 is 10.3 Å². The summed E-state index contributed by atoms with van der Waals surface area (Å²) in [5, 5.41) is 4.18.